The van der Waals surface area contributed by atoms with E-state index in [4.69, 9.17) is 5.73 Å². The third-order valence-corrected chi connectivity index (χ3v) is 5.24. The topological polar surface area (TPSA) is 43.8 Å². The number of nitrogens with two attached hydrogens (primary N) is 1. The third-order valence-electron chi connectivity index (χ3n) is 4.64. The second-order valence-electron chi connectivity index (χ2n) is 6.06. The molecule has 1 aliphatic carbocycles. The van der Waals surface area contributed by atoms with Crippen molar-refractivity contribution in [3.05, 3.63) is 22.4 Å². The molecule has 2 N–H and O–H groups in total. The molecule has 3 nitrogen and oxygen atoms in total. The van der Waals surface area contributed by atoms with Crippen LogP contribution in [0.2, 0.25) is 0 Å². The summed E-state index contributed by atoms with van der Waals surface area (Å²) in [5.41, 5.74) is 7.66. The zero-order valence-corrected chi connectivity index (χ0v) is 13.9. The molecule has 1 aliphatic rings. The van der Waals surface area contributed by atoms with E-state index < -0.39 is 0 Å². The summed E-state index contributed by atoms with van der Waals surface area (Å²) < 4.78 is 16.3. The molecule has 1 fully saturated rings. The van der Waals surface area contributed by atoms with E-state index in [1.807, 2.05) is 4.57 Å². The Balaban J connectivity index is 1.90. The molecule has 1 aromatic heterocycles. The maximum atomic E-state index is 13.8. The number of hydrogen-bond acceptors (Lipinski definition) is 2. The summed E-state index contributed by atoms with van der Waals surface area (Å²) >= 11 is 3.21. The lowest BCUT2D eigenvalue weighted by Crippen LogP contribution is -2.19. The van der Waals surface area contributed by atoms with Crippen LogP contribution >= 0.6 is 15.9 Å². The van der Waals surface area contributed by atoms with Gasteiger partial charge in [0.05, 0.1) is 15.5 Å². The molecule has 0 amide bonds. The first-order valence-electron chi connectivity index (χ1n) is 7.72. The highest BCUT2D eigenvalue weighted by Crippen LogP contribution is 2.38. The van der Waals surface area contributed by atoms with E-state index in [1.165, 1.54) is 25.7 Å². The zero-order chi connectivity index (χ0) is 15.0. The molecule has 0 bridgehead atoms. The number of nitrogen functional groups attached to an aromatic ring is 1. The summed E-state index contributed by atoms with van der Waals surface area (Å²) in [5.74, 6) is 1.08. The Bertz CT molecular complexity index is 644. The van der Waals surface area contributed by atoms with E-state index in [0.29, 0.717) is 16.5 Å². The molecule has 2 aromatic rings. The van der Waals surface area contributed by atoms with Gasteiger partial charge in [0.1, 0.15) is 5.82 Å². The van der Waals surface area contributed by atoms with Crippen LogP contribution in [0.3, 0.4) is 0 Å². The number of fused-ring (bicyclic) bond motifs is 1. The van der Waals surface area contributed by atoms with Crippen molar-refractivity contribution in [3.8, 4) is 0 Å². The second-order valence-corrected chi connectivity index (χ2v) is 6.91. The predicted molar refractivity (Wildman–Crippen MR) is 87.7 cm³/mol. The van der Waals surface area contributed by atoms with Crippen molar-refractivity contribution in [2.24, 2.45) is 5.92 Å². The maximum Gasteiger partial charge on any atom is 0.201 e. The Kier molecular flexibility index (Phi) is 4.20. The number of halogens is 2. The number of nitrogens with zero attached hydrogens (tertiary/aromatic N) is 2. The van der Waals surface area contributed by atoms with Gasteiger partial charge in [-0.2, -0.15) is 0 Å². The summed E-state index contributed by atoms with van der Waals surface area (Å²) in [6.45, 7) is 2.24. The highest BCUT2D eigenvalue weighted by Gasteiger charge is 2.25. The summed E-state index contributed by atoms with van der Waals surface area (Å²) in [6, 6.07) is 3.60. The van der Waals surface area contributed by atoms with Crippen LogP contribution < -0.4 is 5.73 Å². The van der Waals surface area contributed by atoms with Crippen LogP contribution in [0.15, 0.2) is 16.6 Å². The largest absolute Gasteiger partial charge is 0.369 e. The van der Waals surface area contributed by atoms with Gasteiger partial charge in [-0.3, -0.25) is 0 Å². The van der Waals surface area contributed by atoms with E-state index in [-0.39, 0.29) is 5.82 Å². The summed E-state index contributed by atoms with van der Waals surface area (Å²) in [6.07, 6.45) is 7.25. The van der Waals surface area contributed by atoms with Crippen LogP contribution in [0.25, 0.3) is 11.0 Å². The van der Waals surface area contributed by atoms with Crippen LogP contribution in [0, 0.1) is 11.7 Å². The number of aromatic nitrogens is 2. The van der Waals surface area contributed by atoms with Gasteiger partial charge in [-0.05, 0) is 53.6 Å². The highest BCUT2D eigenvalue weighted by atomic mass is 79.9. The van der Waals surface area contributed by atoms with Gasteiger partial charge in [-0.25, -0.2) is 9.37 Å². The minimum atomic E-state index is -0.261. The fourth-order valence-electron chi connectivity index (χ4n) is 3.59. The average molecular weight is 354 g/mol. The molecule has 5 heteroatoms. The van der Waals surface area contributed by atoms with Gasteiger partial charge in [0, 0.05) is 12.1 Å². The molecule has 21 heavy (non-hydrogen) atoms. The van der Waals surface area contributed by atoms with Crippen LogP contribution in [0.5, 0.6) is 0 Å². The smallest absolute Gasteiger partial charge is 0.201 e. The fourth-order valence-corrected chi connectivity index (χ4v) is 3.92. The Morgan fingerprint density at radius 3 is 2.71 bits per heavy atom. The molecule has 0 spiro atoms. The lowest BCUT2D eigenvalue weighted by molar-refractivity contribution is 0.267. The number of hydrogen-bond donors (Lipinski definition) is 1. The Labute approximate surface area is 132 Å². The lowest BCUT2D eigenvalue weighted by atomic mass is 9.83. The molecular formula is C16H21BrFN3. The maximum absolute atomic E-state index is 13.8. The van der Waals surface area contributed by atoms with Crippen molar-refractivity contribution in [2.45, 2.75) is 51.5 Å². The Morgan fingerprint density at radius 1 is 1.33 bits per heavy atom. The van der Waals surface area contributed by atoms with Crippen molar-refractivity contribution in [1.29, 1.82) is 0 Å². The normalized spacial score (nSPS) is 22.8. The summed E-state index contributed by atoms with van der Waals surface area (Å²) in [5, 5.41) is 0. The number of imidazole rings is 1. The molecule has 0 unspecified atom stereocenters. The van der Waals surface area contributed by atoms with E-state index in [1.54, 1.807) is 12.1 Å². The summed E-state index contributed by atoms with van der Waals surface area (Å²) in [7, 11) is 0. The van der Waals surface area contributed by atoms with Gasteiger partial charge in [-0.15, -0.1) is 0 Å². The SMILES string of the molecule is CCCC1CCC(n2c(N)nc3cc(Br)c(F)cc32)CC1. The van der Waals surface area contributed by atoms with E-state index in [0.717, 1.165) is 29.8 Å². The number of benzene rings is 1. The molecule has 1 heterocycles. The lowest BCUT2D eigenvalue weighted by Gasteiger charge is -2.30. The van der Waals surface area contributed by atoms with Crippen molar-refractivity contribution in [3.63, 3.8) is 0 Å². The molecular weight excluding hydrogens is 333 g/mol. The highest BCUT2D eigenvalue weighted by molar-refractivity contribution is 9.10. The first kappa shape index (κ1) is 14.8. The van der Waals surface area contributed by atoms with Gasteiger partial charge in [0.2, 0.25) is 5.95 Å². The van der Waals surface area contributed by atoms with E-state index >= 15 is 0 Å². The van der Waals surface area contributed by atoms with Crippen LogP contribution in [-0.4, -0.2) is 9.55 Å². The van der Waals surface area contributed by atoms with E-state index in [2.05, 4.69) is 27.8 Å². The molecule has 3 rings (SSSR count). The predicted octanol–water partition coefficient (Wildman–Crippen LogP) is 5.05. The standard InChI is InChI=1S/C16H21BrFN3/c1-2-3-10-4-6-11(7-5-10)21-15-9-13(18)12(17)8-14(15)20-16(21)19/h8-11H,2-7H2,1H3,(H2,19,20). The van der Waals surface area contributed by atoms with Gasteiger partial charge >= 0.3 is 0 Å². The van der Waals surface area contributed by atoms with E-state index in [9.17, 15) is 4.39 Å². The van der Waals surface area contributed by atoms with Gasteiger partial charge in [0.15, 0.2) is 0 Å². The first-order valence-corrected chi connectivity index (χ1v) is 8.52. The van der Waals surface area contributed by atoms with Crippen LogP contribution in [-0.2, 0) is 0 Å². The quantitative estimate of drug-likeness (QED) is 0.838. The van der Waals surface area contributed by atoms with Gasteiger partial charge < -0.3 is 10.3 Å². The molecule has 1 saturated carbocycles. The third kappa shape index (κ3) is 2.80. The monoisotopic (exact) mass is 353 g/mol. The van der Waals surface area contributed by atoms with Crippen molar-refractivity contribution in [1.82, 2.24) is 9.55 Å². The van der Waals surface area contributed by atoms with Crippen molar-refractivity contribution in [2.75, 3.05) is 5.73 Å². The molecule has 0 saturated heterocycles. The van der Waals surface area contributed by atoms with Crippen LogP contribution in [0.4, 0.5) is 10.3 Å². The zero-order valence-electron chi connectivity index (χ0n) is 12.3. The number of rotatable bonds is 3. The van der Waals surface area contributed by atoms with Crippen molar-refractivity contribution >= 4 is 32.9 Å². The fraction of sp³-hybridized carbons (Fsp3) is 0.562. The summed E-state index contributed by atoms with van der Waals surface area (Å²) in [4.78, 5) is 4.39. The van der Waals surface area contributed by atoms with Gasteiger partial charge in [0.25, 0.3) is 0 Å². The second kappa shape index (κ2) is 5.95. The Hall–Kier alpha value is -1.10. The molecule has 1 aromatic carbocycles. The van der Waals surface area contributed by atoms with Crippen molar-refractivity contribution < 1.29 is 4.39 Å². The average Bonchev–Trinajstić information content (AvgIpc) is 2.76. The number of anilines is 1. The minimum Gasteiger partial charge on any atom is -0.369 e. The van der Waals surface area contributed by atoms with Gasteiger partial charge in [-0.1, -0.05) is 19.8 Å². The minimum absolute atomic E-state index is 0.261. The molecule has 0 radical (unpaired) electrons. The first-order chi connectivity index (χ1) is 10.1. The Morgan fingerprint density at radius 2 is 2.05 bits per heavy atom. The molecule has 0 aliphatic heterocycles. The van der Waals surface area contributed by atoms with Crippen LogP contribution in [0.1, 0.15) is 51.5 Å². The molecule has 0 atom stereocenters. The molecule has 114 valence electrons.